The normalized spacial score (nSPS) is 19.8. The van der Waals surface area contributed by atoms with Crippen molar-refractivity contribution in [3.8, 4) is 0 Å². The molecule has 0 bridgehead atoms. The van der Waals surface area contributed by atoms with E-state index in [0.29, 0.717) is 24.7 Å². The molecule has 0 spiro atoms. The number of hydrogen-bond acceptors (Lipinski definition) is 3. The van der Waals surface area contributed by atoms with Crippen LogP contribution in [-0.4, -0.2) is 29.9 Å². The molecule has 1 aliphatic rings. The summed E-state index contributed by atoms with van der Waals surface area (Å²) in [5.74, 6) is 2.58. The number of thioether (sulfide) groups is 1. The van der Waals surface area contributed by atoms with Crippen LogP contribution < -0.4 is 5.32 Å². The van der Waals surface area contributed by atoms with Crippen LogP contribution in [-0.2, 0) is 11.2 Å². The largest absolute Gasteiger partial charge is 0.312 e. The number of ketones is 1. The fourth-order valence-electron chi connectivity index (χ4n) is 2.50. The van der Waals surface area contributed by atoms with Gasteiger partial charge in [0.25, 0.3) is 0 Å². The summed E-state index contributed by atoms with van der Waals surface area (Å²) >= 11 is 1.94. The molecular weight excluding hydrogens is 242 g/mol. The average molecular weight is 263 g/mol. The van der Waals surface area contributed by atoms with Crippen LogP contribution in [0, 0.1) is 13.8 Å². The number of rotatable bonds is 4. The van der Waals surface area contributed by atoms with Gasteiger partial charge in [-0.25, -0.2) is 0 Å². The van der Waals surface area contributed by atoms with E-state index in [0.717, 1.165) is 17.9 Å². The molecule has 1 saturated heterocycles. The van der Waals surface area contributed by atoms with Gasteiger partial charge in [0.05, 0.1) is 0 Å². The second-order valence-corrected chi connectivity index (χ2v) is 6.29. The molecular formula is C15H21NOS. The summed E-state index contributed by atoms with van der Waals surface area (Å²) in [6, 6.07) is 6.76. The topological polar surface area (TPSA) is 29.1 Å². The van der Waals surface area contributed by atoms with Crippen molar-refractivity contribution in [3.63, 3.8) is 0 Å². The van der Waals surface area contributed by atoms with E-state index >= 15 is 0 Å². The van der Waals surface area contributed by atoms with E-state index in [-0.39, 0.29) is 0 Å². The zero-order valence-electron chi connectivity index (χ0n) is 11.2. The maximum atomic E-state index is 12.1. The van der Waals surface area contributed by atoms with Crippen LogP contribution >= 0.6 is 11.8 Å². The first-order valence-electron chi connectivity index (χ1n) is 6.53. The number of benzene rings is 1. The van der Waals surface area contributed by atoms with Crippen LogP contribution in [0.4, 0.5) is 0 Å². The lowest BCUT2D eigenvalue weighted by atomic mass is 10.0. The Labute approximate surface area is 114 Å². The third-order valence-electron chi connectivity index (χ3n) is 3.16. The molecule has 98 valence electrons. The Hall–Kier alpha value is -0.800. The van der Waals surface area contributed by atoms with Crippen molar-refractivity contribution in [1.82, 2.24) is 5.32 Å². The average Bonchev–Trinajstić information content (AvgIpc) is 2.28. The molecule has 0 aliphatic carbocycles. The first kappa shape index (κ1) is 13.6. The van der Waals surface area contributed by atoms with E-state index in [4.69, 9.17) is 0 Å². The molecule has 0 amide bonds. The lowest BCUT2D eigenvalue weighted by molar-refractivity contribution is -0.118. The van der Waals surface area contributed by atoms with Crippen LogP contribution in [0.5, 0.6) is 0 Å². The Morgan fingerprint density at radius 1 is 1.33 bits per heavy atom. The molecule has 1 aliphatic heterocycles. The lowest BCUT2D eigenvalue weighted by Crippen LogP contribution is -2.39. The SMILES string of the molecule is Cc1cc(C)cc(CC(=O)CC2CSCCN2)c1. The first-order valence-corrected chi connectivity index (χ1v) is 7.69. The molecule has 0 saturated carbocycles. The van der Waals surface area contributed by atoms with E-state index in [2.05, 4.69) is 37.4 Å². The van der Waals surface area contributed by atoms with E-state index < -0.39 is 0 Å². The Kier molecular flexibility index (Phi) is 4.84. The minimum absolute atomic E-state index is 0.347. The molecule has 2 rings (SSSR count). The summed E-state index contributed by atoms with van der Waals surface area (Å²) in [5, 5.41) is 3.42. The van der Waals surface area contributed by atoms with E-state index in [9.17, 15) is 4.79 Å². The second kappa shape index (κ2) is 6.39. The first-order chi connectivity index (χ1) is 8.63. The Balaban J connectivity index is 1.89. The van der Waals surface area contributed by atoms with E-state index in [1.54, 1.807) is 0 Å². The quantitative estimate of drug-likeness (QED) is 0.905. The van der Waals surface area contributed by atoms with Gasteiger partial charge in [0.15, 0.2) is 0 Å². The van der Waals surface area contributed by atoms with Crippen LogP contribution in [0.15, 0.2) is 18.2 Å². The Bertz CT molecular complexity index is 404. The van der Waals surface area contributed by atoms with E-state index in [1.807, 2.05) is 11.8 Å². The molecule has 0 aromatic heterocycles. The van der Waals surface area contributed by atoms with Gasteiger partial charge in [-0.1, -0.05) is 29.3 Å². The molecule has 0 radical (unpaired) electrons. The molecule has 1 aromatic rings. The number of aryl methyl sites for hydroxylation is 2. The predicted molar refractivity (Wildman–Crippen MR) is 78.4 cm³/mol. The number of hydrogen-bond donors (Lipinski definition) is 1. The van der Waals surface area contributed by atoms with Crippen molar-refractivity contribution in [1.29, 1.82) is 0 Å². The Morgan fingerprint density at radius 2 is 2.06 bits per heavy atom. The number of Topliss-reactive ketones (excluding diaryl/α,β-unsaturated/α-hetero) is 1. The third kappa shape index (κ3) is 4.14. The van der Waals surface area contributed by atoms with Gasteiger partial charge in [0.1, 0.15) is 5.78 Å². The maximum absolute atomic E-state index is 12.1. The minimum Gasteiger partial charge on any atom is -0.312 e. The summed E-state index contributed by atoms with van der Waals surface area (Å²) in [6.45, 7) is 5.20. The van der Waals surface area contributed by atoms with Crippen molar-refractivity contribution in [2.45, 2.75) is 32.7 Å². The molecule has 1 fully saturated rings. The van der Waals surface area contributed by atoms with Crippen LogP contribution in [0.2, 0.25) is 0 Å². The smallest absolute Gasteiger partial charge is 0.138 e. The van der Waals surface area contributed by atoms with Crippen molar-refractivity contribution in [2.24, 2.45) is 0 Å². The summed E-state index contributed by atoms with van der Waals surface area (Å²) in [6.07, 6.45) is 1.24. The van der Waals surface area contributed by atoms with Gasteiger partial charge < -0.3 is 5.32 Å². The standard InChI is InChI=1S/C15H21NOS/c1-11-5-12(2)7-13(6-11)8-15(17)9-14-10-18-4-3-16-14/h5-7,14,16H,3-4,8-10H2,1-2H3. The fourth-order valence-corrected chi connectivity index (χ4v) is 3.45. The summed E-state index contributed by atoms with van der Waals surface area (Å²) in [7, 11) is 0. The zero-order valence-corrected chi connectivity index (χ0v) is 12.0. The zero-order chi connectivity index (χ0) is 13.0. The third-order valence-corrected chi connectivity index (χ3v) is 4.29. The monoisotopic (exact) mass is 263 g/mol. The summed E-state index contributed by atoms with van der Waals surface area (Å²) in [5.41, 5.74) is 3.63. The van der Waals surface area contributed by atoms with Gasteiger partial charge in [-0.3, -0.25) is 4.79 Å². The van der Waals surface area contributed by atoms with Crippen LogP contribution in [0.3, 0.4) is 0 Å². The fraction of sp³-hybridized carbons (Fsp3) is 0.533. The molecule has 1 atom stereocenters. The van der Waals surface area contributed by atoms with Crippen LogP contribution in [0.1, 0.15) is 23.1 Å². The van der Waals surface area contributed by atoms with Gasteiger partial charge in [0, 0.05) is 36.9 Å². The van der Waals surface area contributed by atoms with Gasteiger partial charge in [-0.2, -0.15) is 11.8 Å². The second-order valence-electron chi connectivity index (χ2n) is 5.14. The van der Waals surface area contributed by atoms with Crippen LogP contribution in [0.25, 0.3) is 0 Å². The highest BCUT2D eigenvalue weighted by Gasteiger charge is 2.16. The maximum Gasteiger partial charge on any atom is 0.138 e. The highest BCUT2D eigenvalue weighted by Crippen LogP contribution is 2.14. The number of carbonyl (C=O) groups is 1. The molecule has 1 unspecified atom stereocenters. The molecule has 3 heteroatoms. The number of nitrogens with one attached hydrogen (secondary N) is 1. The highest BCUT2D eigenvalue weighted by molar-refractivity contribution is 7.99. The van der Waals surface area contributed by atoms with E-state index in [1.165, 1.54) is 16.9 Å². The van der Waals surface area contributed by atoms with Crippen molar-refractivity contribution < 1.29 is 4.79 Å². The summed E-state index contributed by atoms with van der Waals surface area (Å²) in [4.78, 5) is 12.1. The molecule has 1 N–H and O–H groups in total. The van der Waals surface area contributed by atoms with Crippen molar-refractivity contribution in [2.75, 3.05) is 18.1 Å². The minimum atomic E-state index is 0.347. The predicted octanol–water partition coefficient (Wildman–Crippen LogP) is 2.51. The lowest BCUT2D eigenvalue weighted by Gasteiger charge is -2.22. The number of carbonyl (C=O) groups excluding carboxylic acids is 1. The molecule has 1 heterocycles. The van der Waals surface area contributed by atoms with Gasteiger partial charge in [-0.05, 0) is 19.4 Å². The van der Waals surface area contributed by atoms with Gasteiger partial charge >= 0.3 is 0 Å². The van der Waals surface area contributed by atoms with Crippen molar-refractivity contribution >= 4 is 17.5 Å². The molecule has 18 heavy (non-hydrogen) atoms. The highest BCUT2D eigenvalue weighted by atomic mass is 32.2. The summed E-state index contributed by atoms with van der Waals surface area (Å²) < 4.78 is 0. The molecule has 1 aromatic carbocycles. The van der Waals surface area contributed by atoms with Crippen molar-refractivity contribution in [3.05, 3.63) is 34.9 Å². The molecule has 2 nitrogen and oxygen atoms in total. The van der Waals surface area contributed by atoms with Gasteiger partial charge in [-0.15, -0.1) is 0 Å². The van der Waals surface area contributed by atoms with Gasteiger partial charge in [0.2, 0.25) is 0 Å². The Morgan fingerprint density at radius 3 is 2.67 bits per heavy atom.